The van der Waals surface area contributed by atoms with E-state index < -0.39 is 5.97 Å². The molecule has 2 aromatic heterocycles. The van der Waals surface area contributed by atoms with Crippen LogP contribution in [0.25, 0.3) is 22.2 Å². The molecule has 0 aliphatic carbocycles. The number of ether oxygens (including phenoxy) is 1. The normalized spacial score (nSPS) is 10.9. The number of para-hydroxylation sites is 1. The molecule has 208 valence electrons. The van der Waals surface area contributed by atoms with Gasteiger partial charge in [0.2, 0.25) is 11.9 Å². The number of carboxylic acids is 1. The van der Waals surface area contributed by atoms with Crippen LogP contribution in [0.15, 0.2) is 61.4 Å². The predicted molar refractivity (Wildman–Crippen MR) is 158 cm³/mol. The number of hydrogen-bond acceptors (Lipinski definition) is 8. The van der Waals surface area contributed by atoms with E-state index in [1.54, 1.807) is 13.2 Å². The minimum atomic E-state index is -1.13. The Kier molecular flexibility index (Phi) is 8.34. The van der Waals surface area contributed by atoms with Crippen molar-refractivity contribution < 1.29 is 19.4 Å². The molecule has 2 aromatic carbocycles. The third-order valence-electron chi connectivity index (χ3n) is 6.47. The number of carbonyl (C=O) groups excluding carboxylic acids is 1. The second kappa shape index (κ2) is 11.9. The lowest BCUT2D eigenvalue weighted by Gasteiger charge is -2.26. The van der Waals surface area contributed by atoms with Gasteiger partial charge in [0, 0.05) is 62.1 Å². The molecule has 11 nitrogen and oxygen atoms in total. The van der Waals surface area contributed by atoms with E-state index in [1.807, 2.05) is 74.2 Å². The van der Waals surface area contributed by atoms with Gasteiger partial charge in [-0.05, 0) is 32.3 Å². The zero-order chi connectivity index (χ0) is 29.0. The molecule has 0 bridgehead atoms. The third kappa shape index (κ3) is 5.89. The van der Waals surface area contributed by atoms with E-state index in [-0.39, 0.29) is 23.1 Å². The Morgan fingerprint density at radius 1 is 1.15 bits per heavy atom. The van der Waals surface area contributed by atoms with E-state index in [2.05, 4.69) is 32.1 Å². The molecule has 0 saturated carbocycles. The molecule has 4 aromatic rings. The number of carbonyl (C=O) groups is 2. The first kappa shape index (κ1) is 28.1. The summed E-state index contributed by atoms with van der Waals surface area (Å²) in [5.41, 5.74) is 3.64. The number of anilines is 4. The zero-order valence-corrected chi connectivity index (χ0v) is 23.2. The van der Waals surface area contributed by atoms with Crippen LogP contribution in [0.4, 0.5) is 23.0 Å². The van der Waals surface area contributed by atoms with Gasteiger partial charge in [-0.3, -0.25) is 4.79 Å². The second-order valence-corrected chi connectivity index (χ2v) is 9.54. The Morgan fingerprint density at radius 3 is 2.58 bits per heavy atom. The molecule has 0 spiro atoms. The van der Waals surface area contributed by atoms with E-state index in [0.29, 0.717) is 29.2 Å². The highest BCUT2D eigenvalue weighted by atomic mass is 16.5. The van der Waals surface area contributed by atoms with Crippen LogP contribution in [-0.4, -0.2) is 77.8 Å². The average Bonchev–Trinajstić information content (AvgIpc) is 3.27. The molecule has 0 fully saturated rings. The summed E-state index contributed by atoms with van der Waals surface area (Å²) >= 11 is 0. The maximum Gasteiger partial charge on any atom is 0.339 e. The minimum absolute atomic E-state index is 0.0225. The van der Waals surface area contributed by atoms with Gasteiger partial charge >= 0.3 is 5.97 Å². The van der Waals surface area contributed by atoms with Gasteiger partial charge < -0.3 is 34.8 Å². The van der Waals surface area contributed by atoms with Crippen LogP contribution in [0.5, 0.6) is 5.75 Å². The number of nitrogens with one attached hydrogen (secondary N) is 2. The second-order valence-electron chi connectivity index (χ2n) is 9.54. The van der Waals surface area contributed by atoms with Crippen LogP contribution in [0, 0.1) is 0 Å². The molecule has 11 heteroatoms. The van der Waals surface area contributed by atoms with Crippen LogP contribution in [-0.2, 0) is 11.8 Å². The lowest BCUT2D eigenvalue weighted by Crippen LogP contribution is -2.29. The summed E-state index contributed by atoms with van der Waals surface area (Å²) < 4.78 is 7.60. The number of nitrogens with zero attached hydrogens (tertiary/aromatic N) is 5. The highest BCUT2D eigenvalue weighted by Crippen LogP contribution is 2.38. The SMILES string of the molecule is C=CC(=O)Nc1cc(Nc2ncc(C(=O)O)c(-c3cn(C)c4ccccc34)n2)c(OC)cc1N(C)CCN(C)C. The molecular weight excluding hydrogens is 510 g/mol. The van der Waals surface area contributed by atoms with E-state index in [0.717, 1.165) is 23.1 Å². The first-order valence-corrected chi connectivity index (χ1v) is 12.6. The van der Waals surface area contributed by atoms with E-state index in [4.69, 9.17) is 4.74 Å². The summed E-state index contributed by atoms with van der Waals surface area (Å²) in [4.78, 5) is 37.3. The summed E-state index contributed by atoms with van der Waals surface area (Å²) in [6.07, 6.45) is 4.33. The lowest BCUT2D eigenvalue weighted by molar-refractivity contribution is -0.111. The maximum absolute atomic E-state index is 12.3. The van der Waals surface area contributed by atoms with Crippen LogP contribution < -0.4 is 20.3 Å². The molecule has 0 radical (unpaired) electrons. The van der Waals surface area contributed by atoms with Gasteiger partial charge in [-0.25, -0.2) is 14.8 Å². The van der Waals surface area contributed by atoms with E-state index >= 15 is 0 Å². The molecule has 0 aliphatic rings. The standard InChI is InChI=1S/C29H33N7O4/c1-7-26(37)31-21-14-22(25(40-6)15-24(21)35(4)13-12-34(2)3)32-29-30-16-19(28(38)39)27(33-29)20-17-36(5)23-11-9-8-10-18(20)23/h7-11,14-17H,1,12-13H2,2-6H3,(H,31,37)(H,38,39)(H,30,32,33). The van der Waals surface area contributed by atoms with Crippen molar-refractivity contribution in [1.29, 1.82) is 0 Å². The van der Waals surface area contributed by atoms with Crippen LogP contribution >= 0.6 is 0 Å². The number of amides is 1. The number of methoxy groups -OCH3 is 1. The summed E-state index contributed by atoms with van der Waals surface area (Å²) in [6, 6.07) is 11.2. The fourth-order valence-corrected chi connectivity index (χ4v) is 4.36. The summed E-state index contributed by atoms with van der Waals surface area (Å²) in [7, 11) is 9.35. The Balaban J connectivity index is 1.79. The van der Waals surface area contributed by atoms with Gasteiger partial charge in [0.25, 0.3) is 0 Å². The fraction of sp³-hybridized carbons (Fsp3) is 0.241. The van der Waals surface area contributed by atoms with Crippen molar-refractivity contribution in [3.05, 3.63) is 67.0 Å². The number of aromatic carboxylic acids is 1. The Hall–Kier alpha value is -4.90. The van der Waals surface area contributed by atoms with Crippen molar-refractivity contribution in [2.45, 2.75) is 0 Å². The van der Waals surface area contributed by atoms with Gasteiger partial charge in [0.05, 0.1) is 29.9 Å². The number of fused-ring (bicyclic) bond motifs is 1. The lowest BCUT2D eigenvalue weighted by atomic mass is 10.1. The van der Waals surface area contributed by atoms with Gasteiger partial charge in [0.1, 0.15) is 11.3 Å². The van der Waals surface area contributed by atoms with Gasteiger partial charge in [-0.1, -0.05) is 24.8 Å². The van der Waals surface area contributed by atoms with Gasteiger partial charge in [-0.2, -0.15) is 0 Å². The number of carboxylic acid groups (broad SMARTS) is 1. The topological polar surface area (TPSA) is 125 Å². The predicted octanol–water partition coefficient (Wildman–Crippen LogP) is 4.21. The maximum atomic E-state index is 12.3. The number of benzene rings is 2. The molecule has 40 heavy (non-hydrogen) atoms. The molecule has 3 N–H and O–H groups in total. The summed E-state index contributed by atoms with van der Waals surface area (Å²) in [5, 5.41) is 16.8. The molecular formula is C29H33N7O4. The molecule has 2 heterocycles. The van der Waals surface area contributed by atoms with Crippen molar-refractivity contribution in [1.82, 2.24) is 19.4 Å². The van der Waals surface area contributed by atoms with Crippen molar-refractivity contribution in [2.24, 2.45) is 7.05 Å². The number of aryl methyl sites for hydroxylation is 1. The largest absolute Gasteiger partial charge is 0.494 e. The van der Waals surface area contributed by atoms with E-state index in [9.17, 15) is 14.7 Å². The first-order chi connectivity index (χ1) is 19.1. The highest BCUT2D eigenvalue weighted by Gasteiger charge is 2.21. The van der Waals surface area contributed by atoms with E-state index in [1.165, 1.54) is 12.3 Å². The van der Waals surface area contributed by atoms with Crippen molar-refractivity contribution in [3.8, 4) is 17.0 Å². The fourth-order valence-electron chi connectivity index (χ4n) is 4.36. The quantitative estimate of drug-likeness (QED) is 0.239. The van der Waals surface area contributed by atoms with Crippen molar-refractivity contribution in [3.63, 3.8) is 0 Å². The van der Waals surface area contributed by atoms with Crippen LogP contribution in [0.2, 0.25) is 0 Å². The molecule has 0 atom stereocenters. The molecule has 0 aliphatic heterocycles. The average molecular weight is 544 g/mol. The monoisotopic (exact) mass is 543 g/mol. The Bertz CT molecular complexity index is 1580. The Morgan fingerprint density at radius 2 is 1.90 bits per heavy atom. The molecule has 4 rings (SSSR count). The third-order valence-corrected chi connectivity index (χ3v) is 6.47. The minimum Gasteiger partial charge on any atom is -0.494 e. The number of likely N-dealkylation sites (N-methyl/N-ethyl adjacent to an activating group) is 2. The molecule has 0 saturated heterocycles. The van der Waals surface area contributed by atoms with Gasteiger partial charge in [-0.15, -0.1) is 0 Å². The Labute approximate surface area is 232 Å². The molecule has 0 unspecified atom stereocenters. The van der Waals surface area contributed by atoms with Crippen molar-refractivity contribution in [2.75, 3.05) is 56.9 Å². The van der Waals surface area contributed by atoms with Gasteiger partial charge in [0.15, 0.2) is 0 Å². The number of hydrogen-bond donors (Lipinski definition) is 3. The van der Waals surface area contributed by atoms with Crippen LogP contribution in [0.3, 0.4) is 0 Å². The summed E-state index contributed by atoms with van der Waals surface area (Å²) in [6.45, 7) is 5.06. The molecule has 1 amide bonds. The number of rotatable bonds is 11. The van der Waals surface area contributed by atoms with Crippen molar-refractivity contribution >= 4 is 45.8 Å². The summed E-state index contributed by atoms with van der Waals surface area (Å²) in [5.74, 6) is -0.841. The zero-order valence-electron chi connectivity index (χ0n) is 23.2. The first-order valence-electron chi connectivity index (χ1n) is 12.6. The number of aromatic nitrogens is 3. The van der Waals surface area contributed by atoms with Crippen LogP contribution in [0.1, 0.15) is 10.4 Å². The smallest absolute Gasteiger partial charge is 0.339 e. The highest BCUT2D eigenvalue weighted by molar-refractivity contribution is 6.03.